The molecule has 0 bridgehead atoms. The number of carbonyl (C=O) groups excluding carboxylic acids is 1. The van der Waals surface area contributed by atoms with Crippen LogP contribution in [0.15, 0.2) is 0 Å². The smallest absolute Gasteiger partial charge is 0.225 e. The van der Waals surface area contributed by atoms with E-state index < -0.39 is 24.1 Å². The Hall–Kier alpha value is -0.690. The zero-order chi connectivity index (χ0) is 11.9. The van der Waals surface area contributed by atoms with E-state index in [0.717, 1.165) is 12.8 Å². The topological polar surface area (TPSA) is 99.0 Å². The van der Waals surface area contributed by atoms with Crippen LogP contribution in [0.5, 0.6) is 0 Å². The average Bonchev–Trinajstić information content (AvgIpc) is 2.95. The van der Waals surface area contributed by atoms with Gasteiger partial charge in [-0.1, -0.05) is 0 Å². The summed E-state index contributed by atoms with van der Waals surface area (Å²) in [6.45, 7) is 1.53. The lowest BCUT2D eigenvalue weighted by molar-refractivity contribution is -0.227. The lowest BCUT2D eigenvalue weighted by Crippen LogP contribution is -2.47. The fraction of sp³-hybridized carbons (Fsp3) is 0.900. The van der Waals surface area contributed by atoms with E-state index in [1.54, 1.807) is 0 Å². The molecule has 1 aliphatic heterocycles. The monoisotopic (exact) mass is 231 g/mol. The van der Waals surface area contributed by atoms with Gasteiger partial charge in [0.25, 0.3) is 0 Å². The average molecular weight is 231 g/mol. The van der Waals surface area contributed by atoms with E-state index in [0.29, 0.717) is 0 Å². The molecular weight excluding hydrogens is 214 g/mol. The summed E-state index contributed by atoms with van der Waals surface area (Å²) in [5, 5.41) is 31.6. The van der Waals surface area contributed by atoms with Crippen LogP contribution in [0.25, 0.3) is 0 Å². The fourth-order valence-electron chi connectivity index (χ4n) is 1.87. The zero-order valence-corrected chi connectivity index (χ0v) is 9.09. The predicted octanol–water partition coefficient (Wildman–Crippen LogP) is -1.52. The third kappa shape index (κ3) is 2.20. The second-order valence-corrected chi connectivity index (χ2v) is 4.62. The van der Waals surface area contributed by atoms with Gasteiger partial charge in [-0.15, -0.1) is 0 Å². The quantitative estimate of drug-likeness (QED) is 0.473. The van der Waals surface area contributed by atoms with Crippen LogP contribution in [0.2, 0.25) is 0 Å². The second kappa shape index (κ2) is 3.96. The van der Waals surface area contributed by atoms with Gasteiger partial charge in [0.2, 0.25) is 11.7 Å². The lowest BCUT2D eigenvalue weighted by atomic mass is 10.0. The molecule has 2 rings (SSSR count). The minimum Gasteiger partial charge on any atom is -0.387 e. The van der Waals surface area contributed by atoms with Crippen molar-refractivity contribution in [3.8, 4) is 0 Å². The molecule has 2 aliphatic rings. The zero-order valence-electron chi connectivity index (χ0n) is 9.09. The van der Waals surface area contributed by atoms with Gasteiger partial charge in [-0.25, -0.2) is 0 Å². The number of aliphatic hydroxyl groups is 3. The molecule has 6 nitrogen and oxygen atoms in total. The van der Waals surface area contributed by atoms with Gasteiger partial charge < -0.3 is 25.4 Å². The van der Waals surface area contributed by atoms with Crippen LogP contribution in [0.4, 0.5) is 0 Å². The van der Waals surface area contributed by atoms with Crippen LogP contribution >= 0.6 is 0 Å². The summed E-state index contributed by atoms with van der Waals surface area (Å²) >= 11 is 0. The summed E-state index contributed by atoms with van der Waals surface area (Å²) in [4.78, 5) is 11.5. The maximum Gasteiger partial charge on any atom is 0.225 e. The molecule has 0 unspecified atom stereocenters. The Morgan fingerprint density at radius 3 is 2.56 bits per heavy atom. The summed E-state index contributed by atoms with van der Waals surface area (Å²) < 4.78 is 5.04. The van der Waals surface area contributed by atoms with Crippen molar-refractivity contribution in [1.29, 1.82) is 0 Å². The van der Waals surface area contributed by atoms with Crippen LogP contribution in [-0.2, 0) is 9.53 Å². The molecule has 92 valence electrons. The van der Waals surface area contributed by atoms with Gasteiger partial charge in [-0.05, 0) is 19.8 Å². The Kier molecular flexibility index (Phi) is 2.91. The summed E-state index contributed by atoms with van der Waals surface area (Å²) in [6.07, 6.45) is -1.76. The summed E-state index contributed by atoms with van der Waals surface area (Å²) in [7, 11) is 0. The third-order valence-corrected chi connectivity index (χ3v) is 3.01. The number of amides is 1. The van der Waals surface area contributed by atoms with Crippen molar-refractivity contribution in [3.63, 3.8) is 0 Å². The molecule has 1 aliphatic carbocycles. The van der Waals surface area contributed by atoms with Gasteiger partial charge in [-0.2, -0.15) is 0 Å². The normalized spacial score (nSPS) is 43.4. The van der Waals surface area contributed by atoms with Gasteiger partial charge in [0.15, 0.2) is 0 Å². The number of aliphatic hydroxyl groups excluding tert-OH is 2. The number of hydrogen-bond donors (Lipinski definition) is 4. The van der Waals surface area contributed by atoms with Crippen molar-refractivity contribution in [3.05, 3.63) is 0 Å². The highest BCUT2D eigenvalue weighted by atomic mass is 16.7. The van der Waals surface area contributed by atoms with Gasteiger partial charge in [0, 0.05) is 6.04 Å². The number of carbonyl (C=O) groups is 1. The SMILES string of the molecule is C[C@H]1O[C@@](O)(CC(=O)NC2CC2)[C@H](O)[C@H]1O. The van der Waals surface area contributed by atoms with Crippen molar-refractivity contribution in [1.82, 2.24) is 5.32 Å². The molecule has 6 heteroatoms. The van der Waals surface area contributed by atoms with E-state index in [2.05, 4.69) is 5.32 Å². The van der Waals surface area contributed by atoms with E-state index in [4.69, 9.17) is 4.74 Å². The van der Waals surface area contributed by atoms with Crippen LogP contribution in [0.3, 0.4) is 0 Å². The molecule has 2 fully saturated rings. The Bertz CT molecular complexity index is 293. The highest BCUT2D eigenvalue weighted by Crippen LogP contribution is 2.32. The third-order valence-electron chi connectivity index (χ3n) is 3.01. The molecule has 1 saturated carbocycles. The van der Waals surface area contributed by atoms with Gasteiger partial charge in [-0.3, -0.25) is 4.79 Å². The van der Waals surface area contributed by atoms with Crippen molar-refractivity contribution < 1.29 is 24.9 Å². The second-order valence-electron chi connectivity index (χ2n) is 4.62. The van der Waals surface area contributed by atoms with E-state index >= 15 is 0 Å². The molecule has 4 atom stereocenters. The first kappa shape index (κ1) is 11.8. The van der Waals surface area contributed by atoms with Crippen molar-refractivity contribution in [2.24, 2.45) is 0 Å². The van der Waals surface area contributed by atoms with Crippen molar-refractivity contribution in [2.75, 3.05) is 0 Å². The molecule has 0 spiro atoms. The summed E-state index contributed by atoms with van der Waals surface area (Å²) in [5.41, 5.74) is 0. The molecule has 4 N–H and O–H groups in total. The van der Waals surface area contributed by atoms with E-state index in [1.165, 1.54) is 6.92 Å². The van der Waals surface area contributed by atoms with Crippen LogP contribution in [-0.4, -0.2) is 51.4 Å². The molecule has 0 radical (unpaired) electrons. The Labute approximate surface area is 93.2 Å². The van der Waals surface area contributed by atoms with Crippen molar-refractivity contribution in [2.45, 2.75) is 56.3 Å². The minimum atomic E-state index is -1.97. The Morgan fingerprint density at radius 1 is 1.50 bits per heavy atom. The first-order valence-electron chi connectivity index (χ1n) is 5.48. The summed E-state index contributed by atoms with van der Waals surface area (Å²) in [6, 6.07) is 0.192. The largest absolute Gasteiger partial charge is 0.387 e. The molecular formula is C10H17NO5. The number of hydrogen-bond acceptors (Lipinski definition) is 5. The molecule has 1 amide bonds. The van der Waals surface area contributed by atoms with Gasteiger partial charge in [0.05, 0.1) is 12.5 Å². The summed E-state index contributed by atoms with van der Waals surface area (Å²) in [5.74, 6) is -2.34. The maximum atomic E-state index is 11.5. The van der Waals surface area contributed by atoms with E-state index in [9.17, 15) is 20.1 Å². The maximum absolute atomic E-state index is 11.5. The molecule has 0 aromatic rings. The highest BCUT2D eigenvalue weighted by molar-refractivity contribution is 5.77. The Morgan fingerprint density at radius 2 is 2.12 bits per heavy atom. The van der Waals surface area contributed by atoms with Gasteiger partial charge >= 0.3 is 0 Å². The minimum absolute atomic E-state index is 0.192. The van der Waals surface area contributed by atoms with E-state index in [1.807, 2.05) is 0 Å². The predicted molar refractivity (Wildman–Crippen MR) is 53.3 cm³/mol. The molecule has 16 heavy (non-hydrogen) atoms. The van der Waals surface area contributed by atoms with Gasteiger partial charge in [0.1, 0.15) is 12.2 Å². The van der Waals surface area contributed by atoms with Crippen molar-refractivity contribution >= 4 is 5.91 Å². The lowest BCUT2D eigenvalue weighted by Gasteiger charge is -2.25. The number of rotatable bonds is 3. The Balaban J connectivity index is 1.93. The number of ether oxygens (including phenoxy) is 1. The molecule has 1 heterocycles. The first-order valence-corrected chi connectivity index (χ1v) is 5.48. The van der Waals surface area contributed by atoms with E-state index in [-0.39, 0.29) is 18.4 Å². The standard InChI is InChI=1S/C10H17NO5/c1-5-8(13)9(14)10(15,16-5)4-7(12)11-6-2-3-6/h5-6,8-9,13-15H,2-4H2,1H3,(H,11,12)/t5-,8+,9-,10+/m1/s1. The highest BCUT2D eigenvalue weighted by Gasteiger charge is 2.52. The van der Waals surface area contributed by atoms with Crippen LogP contribution in [0.1, 0.15) is 26.2 Å². The fourth-order valence-corrected chi connectivity index (χ4v) is 1.87. The van der Waals surface area contributed by atoms with Crippen LogP contribution < -0.4 is 5.32 Å². The van der Waals surface area contributed by atoms with Crippen LogP contribution in [0, 0.1) is 0 Å². The first-order chi connectivity index (χ1) is 7.42. The number of nitrogens with one attached hydrogen (secondary N) is 1. The molecule has 1 saturated heterocycles. The molecule has 0 aromatic carbocycles. The molecule has 0 aromatic heterocycles.